The van der Waals surface area contributed by atoms with Crippen molar-refractivity contribution in [2.45, 2.75) is 13.8 Å². The minimum Gasteiger partial charge on any atom is -0.486 e. The highest BCUT2D eigenvalue weighted by atomic mass is 19.1. The Kier molecular flexibility index (Phi) is 4.73. The van der Waals surface area contributed by atoms with E-state index >= 15 is 0 Å². The van der Waals surface area contributed by atoms with E-state index in [4.69, 9.17) is 9.47 Å². The number of fused-ring (bicyclic) bond motifs is 1. The van der Waals surface area contributed by atoms with Crippen LogP contribution >= 0.6 is 0 Å². The number of aryl methyl sites for hydroxylation is 2. The summed E-state index contributed by atoms with van der Waals surface area (Å²) in [6.07, 6.45) is 1.17. The molecule has 0 saturated carbocycles. The predicted molar refractivity (Wildman–Crippen MR) is 107 cm³/mol. The Labute approximate surface area is 163 Å². The smallest absolute Gasteiger partial charge is 0.229 e. The van der Waals surface area contributed by atoms with E-state index in [1.807, 2.05) is 44.2 Å². The van der Waals surface area contributed by atoms with Crippen molar-refractivity contribution < 1.29 is 13.9 Å². The zero-order chi connectivity index (χ0) is 19.7. The van der Waals surface area contributed by atoms with Crippen LogP contribution in [0.15, 0.2) is 42.6 Å². The second kappa shape index (κ2) is 7.34. The molecule has 0 aliphatic carbocycles. The summed E-state index contributed by atoms with van der Waals surface area (Å²) in [5.74, 6) is 1.30. The van der Waals surface area contributed by atoms with Gasteiger partial charge in [-0.15, -0.1) is 0 Å². The zero-order valence-electron chi connectivity index (χ0n) is 16.0. The first-order chi connectivity index (χ1) is 13.5. The van der Waals surface area contributed by atoms with E-state index in [1.54, 1.807) is 11.9 Å². The topological polar surface area (TPSA) is 59.5 Å². The molecule has 0 saturated heterocycles. The van der Waals surface area contributed by atoms with Crippen LogP contribution in [-0.4, -0.2) is 30.2 Å². The number of hydrogen-bond acceptors (Lipinski definition) is 6. The Bertz CT molecular complexity index is 1010. The van der Waals surface area contributed by atoms with Crippen LogP contribution in [0.4, 0.5) is 27.5 Å². The fourth-order valence-corrected chi connectivity index (χ4v) is 3.19. The van der Waals surface area contributed by atoms with Gasteiger partial charge in [0, 0.05) is 24.5 Å². The molecular formula is C21H21FN4O2. The van der Waals surface area contributed by atoms with Gasteiger partial charge in [0.05, 0.1) is 6.20 Å². The molecule has 0 bridgehead atoms. The summed E-state index contributed by atoms with van der Waals surface area (Å²) in [4.78, 5) is 10.1. The first-order valence-corrected chi connectivity index (χ1v) is 9.01. The molecule has 6 nitrogen and oxygen atoms in total. The minimum absolute atomic E-state index is 0.165. The van der Waals surface area contributed by atoms with Crippen LogP contribution in [0, 0.1) is 19.7 Å². The molecule has 7 heteroatoms. The Morgan fingerprint density at radius 3 is 2.46 bits per heavy atom. The maximum atomic E-state index is 14.5. The Morgan fingerprint density at radius 1 is 1.00 bits per heavy atom. The van der Waals surface area contributed by atoms with Gasteiger partial charge in [-0.2, -0.15) is 4.98 Å². The van der Waals surface area contributed by atoms with Crippen LogP contribution < -0.4 is 19.7 Å². The molecule has 0 radical (unpaired) electrons. The third kappa shape index (κ3) is 3.69. The highest BCUT2D eigenvalue weighted by molar-refractivity contribution is 5.65. The lowest BCUT2D eigenvalue weighted by molar-refractivity contribution is 0.171. The largest absolute Gasteiger partial charge is 0.486 e. The predicted octanol–water partition coefficient (Wildman–Crippen LogP) is 4.52. The lowest BCUT2D eigenvalue weighted by atomic mass is 10.1. The van der Waals surface area contributed by atoms with Gasteiger partial charge in [0.1, 0.15) is 13.2 Å². The van der Waals surface area contributed by atoms with E-state index in [9.17, 15) is 4.39 Å². The van der Waals surface area contributed by atoms with Crippen molar-refractivity contribution in [3.05, 3.63) is 59.5 Å². The third-order valence-electron chi connectivity index (χ3n) is 4.43. The summed E-state index contributed by atoms with van der Waals surface area (Å²) in [6.45, 7) is 5.05. The molecule has 2 heterocycles. The maximum Gasteiger partial charge on any atom is 0.229 e. The molecule has 0 amide bonds. The van der Waals surface area contributed by atoms with E-state index in [0.29, 0.717) is 30.7 Å². The number of benzene rings is 2. The molecule has 3 aromatic rings. The summed E-state index contributed by atoms with van der Waals surface area (Å²) in [5.41, 5.74) is 3.84. The number of aromatic nitrogens is 2. The van der Waals surface area contributed by atoms with E-state index < -0.39 is 5.82 Å². The number of nitrogens with zero attached hydrogens (tertiary/aromatic N) is 3. The van der Waals surface area contributed by atoms with Crippen LogP contribution in [0.2, 0.25) is 0 Å². The van der Waals surface area contributed by atoms with E-state index in [2.05, 4.69) is 21.4 Å². The van der Waals surface area contributed by atoms with Crippen LogP contribution in [0.5, 0.6) is 11.5 Å². The van der Waals surface area contributed by atoms with Gasteiger partial charge >= 0.3 is 0 Å². The van der Waals surface area contributed by atoms with Gasteiger partial charge in [-0.3, -0.25) is 0 Å². The summed E-state index contributed by atoms with van der Waals surface area (Å²) in [6, 6.07) is 11.5. The van der Waals surface area contributed by atoms with Gasteiger partial charge < -0.3 is 19.7 Å². The normalized spacial score (nSPS) is 12.6. The molecule has 1 N–H and O–H groups in total. The van der Waals surface area contributed by atoms with Crippen molar-refractivity contribution in [1.29, 1.82) is 0 Å². The second-order valence-electron chi connectivity index (χ2n) is 6.75. The van der Waals surface area contributed by atoms with Gasteiger partial charge in [-0.25, -0.2) is 9.37 Å². The highest BCUT2D eigenvalue weighted by Crippen LogP contribution is 2.36. The number of halogens is 1. The van der Waals surface area contributed by atoms with Gasteiger partial charge in [0.15, 0.2) is 23.1 Å². The molecule has 0 atom stereocenters. The average Bonchev–Trinajstić information content (AvgIpc) is 2.68. The number of anilines is 4. The highest BCUT2D eigenvalue weighted by Gasteiger charge is 2.17. The van der Waals surface area contributed by atoms with Crippen molar-refractivity contribution in [3.8, 4) is 11.5 Å². The average molecular weight is 380 g/mol. The molecule has 2 aromatic carbocycles. The molecule has 0 unspecified atom stereocenters. The fraction of sp³-hybridized carbons (Fsp3) is 0.238. The molecule has 4 rings (SSSR count). The molecule has 0 spiro atoms. The molecular weight excluding hydrogens is 359 g/mol. The lowest BCUT2D eigenvalue weighted by Gasteiger charge is -2.23. The van der Waals surface area contributed by atoms with Crippen molar-refractivity contribution >= 4 is 23.1 Å². The van der Waals surface area contributed by atoms with Gasteiger partial charge in [-0.05, 0) is 49.2 Å². The van der Waals surface area contributed by atoms with Crippen molar-refractivity contribution in [2.75, 3.05) is 30.5 Å². The minimum atomic E-state index is -0.511. The quantitative estimate of drug-likeness (QED) is 0.718. The Balaban J connectivity index is 1.63. The van der Waals surface area contributed by atoms with Crippen LogP contribution in [0.3, 0.4) is 0 Å². The van der Waals surface area contributed by atoms with Gasteiger partial charge in [-0.1, -0.05) is 6.07 Å². The van der Waals surface area contributed by atoms with Crippen LogP contribution in [0.1, 0.15) is 11.1 Å². The van der Waals surface area contributed by atoms with Gasteiger partial charge in [0.25, 0.3) is 0 Å². The maximum absolute atomic E-state index is 14.5. The monoisotopic (exact) mass is 380 g/mol. The molecule has 1 aliphatic heterocycles. The van der Waals surface area contributed by atoms with Crippen molar-refractivity contribution in [3.63, 3.8) is 0 Å². The summed E-state index contributed by atoms with van der Waals surface area (Å²) in [7, 11) is 1.75. The number of ether oxygens (including phenoxy) is 2. The molecule has 28 heavy (non-hydrogen) atoms. The first-order valence-electron chi connectivity index (χ1n) is 9.01. The van der Waals surface area contributed by atoms with E-state index in [0.717, 1.165) is 22.5 Å². The molecule has 0 fully saturated rings. The third-order valence-corrected chi connectivity index (χ3v) is 4.43. The van der Waals surface area contributed by atoms with Crippen molar-refractivity contribution in [1.82, 2.24) is 9.97 Å². The van der Waals surface area contributed by atoms with Crippen LogP contribution in [-0.2, 0) is 0 Å². The first kappa shape index (κ1) is 18.0. The van der Waals surface area contributed by atoms with E-state index in [1.165, 1.54) is 6.20 Å². The number of hydrogen-bond donors (Lipinski definition) is 1. The summed E-state index contributed by atoms with van der Waals surface area (Å²) < 4.78 is 25.6. The summed E-state index contributed by atoms with van der Waals surface area (Å²) >= 11 is 0. The zero-order valence-corrected chi connectivity index (χ0v) is 16.0. The second-order valence-corrected chi connectivity index (χ2v) is 6.75. The van der Waals surface area contributed by atoms with Crippen molar-refractivity contribution in [2.24, 2.45) is 0 Å². The SMILES string of the molecule is Cc1cc(C)cc(Nc2ncc(F)c(N(C)c3ccc4c(c3)OCCO4)n2)c1. The van der Waals surface area contributed by atoms with Gasteiger partial charge in [0.2, 0.25) is 5.95 Å². The molecule has 144 valence electrons. The number of rotatable bonds is 4. The lowest BCUT2D eigenvalue weighted by Crippen LogP contribution is -2.17. The standard InChI is InChI=1S/C21H21FN4O2/c1-13-8-14(2)10-15(9-13)24-21-23-12-17(22)20(25-21)26(3)16-4-5-18-19(11-16)28-7-6-27-18/h4-5,8-12H,6-7H2,1-3H3,(H,23,24,25). The van der Waals surface area contributed by atoms with Crippen LogP contribution in [0.25, 0.3) is 0 Å². The Morgan fingerprint density at radius 2 is 1.71 bits per heavy atom. The number of nitrogens with one attached hydrogen (secondary N) is 1. The molecule has 1 aromatic heterocycles. The fourth-order valence-electron chi connectivity index (χ4n) is 3.19. The Hall–Kier alpha value is -3.35. The molecule has 1 aliphatic rings. The summed E-state index contributed by atoms with van der Waals surface area (Å²) in [5, 5.41) is 3.15. The van der Waals surface area contributed by atoms with E-state index in [-0.39, 0.29) is 5.82 Å².